The van der Waals surface area contributed by atoms with Gasteiger partial charge < -0.3 is 5.32 Å². The molecule has 2 saturated heterocycles. The highest BCUT2D eigenvalue weighted by Gasteiger charge is 2.67. The van der Waals surface area contributed by atoms with Crippen LogP contribution in [0.1, 0.15) is 6.42 Å². The second kappa shape index (κ2) is 0.971. The molecule has 8 heavy (non-hydrogen) atoms. The van der Waals surface area contributed by atoms with Gasteiger partial charge in [-0.1, -0.05) is 0 Å². The molecule has 44 valence electrons. The SMILES string of the molecule is C1SC2CNC23CC13. The highest BCUT2D eigenvalue weighted by molar-refractivity contribution is 8.00. The standard InChI is InChI=1S/C6H9NS/c1-4-3-8-5-2-7-6(1,4)5/h4-5,7H,1-3H2. The molecule has 3 rings (SSSR count). The zero-order valence-electron chi connectivity index (χ0n) is 4.68. The minimum absolute atomic E-state index is 0.713. The number of hydrogen-bond acceptors (Lipinski definition) is 2. The summed E-state index contributed by atoms with van der Waals surface area (Å²) in [6, 6.07) is 0. The molecule has 2 heteroatoms. The Hall–Kier alpha value is 0.310. The molecule has 3 fully saturated rings. The van der Waals surface area contributed by atoms with Crippen LogP contribution in [-0.2, 0) is 0 Å². The monoisotopic (exact) mass is 127 g/mol. The summed E-state index contributed by atoms with van der Waals surface area (Å²) >= 11 is 2.18. The topological polar surface area (TPSA) is 12.0 Å². The Morgan fingerprint density at radius 2 is 2.62 bits per heavy atom. The van der Waals surface area contributed by atoms with E-state index in [2.05, 4.69) is 17.1 Å². The summed E-state index contributed by atoms with van der Waals surface area (Å²) < 4.78 is 0. The van der Waals surface area contributed by atoms with E-state index in [-0.39, 0.29) is 0 Å². The minimum Gasteiger partial charge on any atom is -0.309 e. The van der Waals surface area contributed by atoms with Gasteiger partial charge in [0.15, 0.2) is 0 Å². The maximum atomic E-state index is 3.54. The zero-order chi connectivity index (χ0) is 5.19. The number of nitrogens with one attached hydrogen (secondary N) is 1. The van der Waals surface area contributed by atoms with Gasteiger partial charge in [-0.25, -0.2) is 0 Å². The first-order valence-electron chi connectivity index (χ1n) is 3.28. The van der Waals surface area contributed by atoms with Gasteiger partial charge in [0.1, 0.15) is 0 Å². The molecule has 1 aliphatic carbocycles. The van der Waals surface area contributed by atoms with Gasteiger partial charge in [-0.3, -0.25) is 0 Å². The van der Waals surface area contributed by atoms with Gasteiger partial charge in [-0.2, -0.15) is 11.8 Å². The summed E-state index contributed by atoms with van der Waals surface area (Å²) in [5.74, 6) is 2.52. The third-order valence-corrected chi connectivity index (χ3v) is 4.43. The Labute approximate surface area is 53.2 Å². The lowest BCUT2D eigenvalue weighted by Crippen LogP contribution is -2.57. The summed E-state index contributed by atoms with van der Waals surface area (Å²) in [6.07, 6.45) is 1.49. The summed E-state index contributed by atoms with van der Waals surface area (Å²) in [6.45, 7) is 1.29. The first kappa shape index (κ1) is 4.18. The molecule has 0 bridgehead atoms. The molecule has 3 atom stereocenters. The summed E-state index contributed by atoms with van der Waals surface area (Å²) in [5, 5.41) is 4.56. The second-order valence-corrected chi connectivity index (χ2v) is 4.38. The van der Waals surface area contributed by atoms with Crippen molar-refractivity contribution in [3.63, 3.8) is 0 Å². The van der Waals surface area contributed by atoms with Crippen LogP contribution in [0.2, 0.25) is 0 Å². The lowest BCUT2D eigenvalue weighted by atomic mass is 10.0. The fourth-order valence-electron chi connectivity index (χ4n) is 2.05. The van der Waals surface area contributed by atoms with Crippen LogP contribution in [0.4, 0.5) is 0 Å². The van der Waals surface area contributed by atoms with Crippen molar-refractivity contribution in [3.8, 4) is 0 Å². The van der Waals surface area contributed by atoms with Crippen molar-refractivity contribution in [2.24, 2.45) is 5.92 Å². The van der Waals surface area contributed by atoms with E-state index in [1.807, 2.05) is 0 Å². The molecule has 0 aromatic carbocycles. The largest absolute Gasteiger partial charge is 0.309 e. The molecule has 1 saturated carbocycles. The molecule has 2 heterocycles. The van der Waals surface area contributed by atoms with Crippen molar-refractivity contribution in [1.82, 2.24) is 5.32 Å². The molecular weight excluding hydrogens is 118 g/mol. The van der Waals surface area contributed by atoms with Gasteiger partial charge in [-0.15, -0.1) is 0 Å². The lowest BCUT2D eigenvalue weighted by molar-refractivity contribution is 0.355. The van der Waals surface area contributed by atoms with Crippen LogP contribution in [0.3, 0.4) is 0 Å². The smallest absolute Gasteiger partial charge is 0.0357 e. The number of hydrogen-bond donors (Lipinski definition) is 1. The third-order valence-electron chi connectivity index (χ3n) is 2.84. The highest BCUT2D eigenvalue weighted by Crippen LogP contribution is 2.61. The molecule has 0 radical (unpaired) electrons. The van der Waals surface area contributed by atoms with Gasteiger partial charge in [0, 0.05) is 17.3 Å². The van der Waals surface area contributed by atoms with E-state index in [0.717, 1.165) is 11.2 Å². The quantitative estimate of drug-likeness (QED) is 0.507. The summed E-state index contributed by atoms with van der Waals surface area (Å²) in [5.41, 5.74) is 0.713. The van der Waals surface area contributed by atoms with Gasteiger partial charge in [0.25, 0.3) is 0 Å². The highest BCUT2D eigenvalue weighted by atomic mass is 32.2. The van der Waals surface area contributed by atoms with Crippen LogP contribution in [0.25, 0.3) is 0 Å². The van der Waals surface area contributed by atoms with E-state index >= 15 is 0 Å². The normalized spacial score (nSPS) is 66.0. The molecule has 2 aliphatic heterocycles. The fourth-order valence-corrected chi connectivity index (χ4v) is 3.81. The van der Waals surface area contributed by atoms with E-state index in [1.165, 1.54) is 18.7 Å². The Balaban J connectivity index is 2.02. The summed E-state index contributed by atoms with van der Waals surface area (Å²) in [4.78, 5) is 0. The van der Waals surface area contributed by atoms with E-state index in [0.29, 0.717) is 5.54 Å². The molecule has 3 unspecified atom stereocenters. The first-order chi connectivity index (χ1) is 3.92. The van der Waals surface area contributed by atoms with Crippen LogP contribution in [0.15, 0.2) is 0 Å². The minimum atomic E-state index is 0.713. The Morgan fingerprint density at radius 3 is 2.88 bits per heavy atom. The average Bonchev–Trinajstić information content (AvgIpc) is 2.36. The molecule has 1 N–H and O–H groups in total. The molecule has 3 aliphatic rings. The van der Waals surface area contributed by atoms with Crippen molar-refractivity contribution in [1.29, 1.82) is 0 Å². The van der Waals surface area contributed by atoms with E-state index < -0.39 is 0 Å². The van der Waals surface area contributed by atoms with Gasteiger partial charge in [-0.05, 0) is 18.1 Å². The predicted molar refractivity (Wildman–Crippen MR) is 35.1 cm³/mol. The molecule has 0 aromatic heterocycles. The van der Waals surface area contributed by atoms with Gasteiger partial charge >= 0.3 is 0 Å². The van der Waals surface area contributed by atoms with E-state index in [1.54, 1.807) is 0 Å². The van der Waals surface area contributed by atoms with Crippen molar-refractivity contribution in [2.45, 2.75) is 17.2 Å². The molecule has 1 nitrogen and oxygen atoms in total. The van der Waals surface area contributed by atoms with Crippen molar-refractivity contribution in [3.05, 3.63) is 0 Å². The van der Waals surface area contributed by atoms with Crippen LogP contribution >= 0.6 is 11.8 Å². The maximum Gasteiger partial charge on any atom is 0.0357 e. The van der Waals surface area contributed by atoms with Crippen molar-refractivity contribution in [2.75, 3.05) is 12.3 Å². The average molecular weight is 127 g/mol. The maximum absolute atomic E-state index is 3.54. The molecule has 0 aromatic rings. The Morgan fingerprint density at radius 1 is 1.62 bits per heavy atom. The molecule has 1 spiro atoms. The predicted octanol–water partition coefficient (Wildman–Crippen LogP) is 0.464. The van der Waals surface area contributed by atoms with E-state index in [9.17, 15) is 0 Å². The van der Waals surface area contributed by atoms with Crippen molar-refractivity contribution >= 4 is 11.8 Å². The number of rotatable bonds is 0. The fraction of sp³-hybridized carbons (Fsp3) is 1.00. The third kappa shape index (κ3) is 0.257. The van der Waals surface area contributed by atoms with Crippen LogP contribution < -0.4 is 5.32 Å². The van der Waals surface area contributed by atoms with E-state index in [4.69, 9.17) is 0 Å². The molecule has 0 amide bonds. The summed E-state index contributed by atoms with van der Waals surface area (Å²) in [7, 11) is 0. The number of thioether (sulfide) groups is 1. The zero-order valence-corrected chi connectivity index (χ0v) is 5.50. The van der Waals surface area contributed by atoms with Crippen LogP contribution in [0.5, 0.6) is 0 Å². The first-order valence-corrected chi connectivity index (χ1v) is 4.33. The van der Waals surface area contributed by atoms with Crippen molar-refractivity contribution < 1.29 is 0 Å². The Kier molecular flexibility index (Phi) is 0.507. The van der Waals surface area contributed by atoms with Crippen LogP contribution in [0, 0.1) is 5.92 Å². The van der Waals surface area contributed by atoms with Gasteiger partial charge in [0.2, 0.25) is 0 Å². The Bertz CT molecular complexity index is 141. The lowest BCUT2D eigenvalue weighted by Gasteiger charge is -2.34. The van der Waals surface area contributed by atoms with Gasteiger partial charge in [0.05, 0.1) is 0 Å². The molecular formula is C6H9NS. The second-order valence-electron chi connectivity index (χ2n) is 3.14. The van der Waals surface area contributed by atoms with Crippen LogP contribution in [-0.4, -0.2) is 23.1 Å².